The summed E-state index contributed by atoms with van der Waals surface area (Å²) in [7, 11) is -3.59. The minimum absolute atomic E-state index is 0.276. The van der Waals surface area contributed by atoms with Gasteiger partial charge >= 0.3 is 10.2 Å². The van der Waals surface area contributed by atoms with Gasteiger partial charge < -0.3 is 0 Å². The average Bonchev–Trinajstić information content (AvgIpc) is 2.56. The second-order valence-corrected chi connectivity index (χ2v) is 7.43. The molecule has 2 heterocycles. The van der Waals surface area contributed by atoms with Gasteiger partial charge in [0.15, 0.2) is 0 Å². The Hall–Kier alpha value is -2.14. The van der Waals surface area contributed by atoms with Crippen LogP contribution in [-0.4, -0.2) is 48.8 Å². The Morgan fingerprint density at radius 1 is 1.17 bits per heavy atom. The van der Waals surface area contributed by atoms with Crippen LogP contribution in [0.1, 0.15) is 11.3 Å². The normalized spacial score (nSPS) is 16.5. The molecule has 2 aromatic rings. The summed E-state index contributed by atoms with van der Waals surface area (Å²) in [5.41, 5.74) is 1.84. The standard InChI is InChI=1S/C17H20N4O2S/c1-15-6-5-9-17(18-15)19-24(22,23)21-12-10-20(11-13-21)14-16-7-3-2-4-8-16/h2-4,7-9H,10-14H2,1H3,(H,18,19). The van der Waals surface area contributed by atoms with Crippen molar-refractivity contribution in [3.8, 4) is 0 Å². The van der Waals surface area contributed by atoms with Crippen LogP contribution >= 0.6 is 0 Å². The summed E-state index contributed by atoms with van der Waals surface area (Å²) < 4.78 is 28.9. The minimum atomic E-state index is -3.59. The molecule has 1 aliphatic rings. The molecular weight excluding hydrogens is 324 g/mol. The van der Waals surface area contributed by atoms with E-state index in [2.05, 4.69) is 38.9 Å². The molecule has 0 bridgehead atoms. The topological polar surface area (TPSA) is 65.5 Å². The summed E-state index contributed by atoms with van der Waals surface area (Å²) in [6.45, 7) is 4.92. The molecule has 0 radical (unpaired) electrons. The van der Waals surface area contributed by atoms with Gasteiger partial charge in [0, 0.05) is 38.8 Å². The van der Waals surface area contributed by atoms with Crippen molar-refractivity contribution in [1.29, 1.82) is 0 Å². The van der Waals surface area contributed by atoms with E-state index in [9.17, 15) is 8.42 Å². The van der Waals surface area contributed by atoms with E-state index in [1.54, 1.807) is 6.92 Å². The zero-order chi connectivity index (χ0) is 17.0. The molecule has 1 aromatic carbocycles. The highest BCUT2D eigenvalue weighted by Gasteiger charge is 2.27. The average molecular weight is 344 g/mol. The van der Waals surface area contributed by atoms with Crippen molar-refractivity contribution in [2.24, 2.45) is 0 Å². The number of anilines is 1. The molecule has 1 N–H and O–H groups in total. The molecule has 6 nitrogen and oxygen atoms in total. The molecule has 24 heavy (non-hydrogen) atoms. The Bertz CT molecular complexity index is 772. The highest BCUT2D eigenvalue weighted by atomic mass is 32.2. The van der Waals surface area contributed by atoms with Gasteiger partial charge in [-0.1, -0.05) is 36.4 Å². The maximum Gasteiger partial charge on any atom is 0.302 e. The van der Waals surface area contributed by atoms with E-state index in [-0.39, 0.29) is 5.82 Å². The third kappa shape index (κ3) is 4.23. The Kier molecular flexibility index (Phi) is 5.00. The van der Waals surface area contributed by atoms with E-state index < -0.39 is 10.2 Å². The summed E-state index contributed by atoms with van der Waals surface area (Å²) in [5.74, 6) is 0.276. The maximum atomic E-state index is 12.5. The third-order valence-electron chi connectivity index (χ3n) is 3.90. The molecule has 7 heteroatoms. The van der Waals surface area contributed by atoms with Crippen LogP contribution in [-0.2, 0) is 16.8 Å². The molecule has 1 aromatic heterocycles. The van der Waals surface area contributed by atoms with Crippen LogP contribution in [0.5, 0.6) is 0 Å². The smallest absolute Gasteiger partial charge is 0.296 e. The van der Waals surface area contributed by atoms with Crippen LogP contribution in [0.2, 0.25) is 0 Å². The molecule has 0 unspecified atom stereocenters. The predicted molar refractivity (Wildman–Crippen MR) is 92.5 cm³/mol. The number of nitrogens with one attached hydrogen (secondary N) is 1. The van der Waals surface area contributed by atoms with Crippen LogP contribution in [0.4, 0.5) is 5.82 Å². The SMILES string of the molecule is Cc1c#ccc(NS(=O)(=O)N2CCN(Cc3ccccc3)CC2)n1. The Morgan fingerprint density at radius 3 is 2.54 bits per heavy atom. The fourth-order valence-electron chi connectivity index (χ4n) is 2.67. The molecule has 1 saturated heterocycles. The van der Waals surface area contributed by atoms with E-state index in [4.69, 9.17) is 0 Å². The van der Waals surface area contributed by atoms with Crippen LogP contribution in [0.25, 0.3) is 0 Å². The summed E-state index contributed by atoms with van der Waals surface area (Å²) in [4.78, 5) is 6.37. The van der Waals surface area contributed by atoms with E-state index in [0.717, 1.165) is 6.54 Å². The monoisotopic (exact) mass is 344 g/mol. The van der Waals surface area contributed by atoms with Crippen LogP contribution in [0.15, 0.2) is 36.4 Å². The first kappa shape index (κ1) is 16.7. The van der Waals surface area contributed by atoms with Gasteiger partial charge in [-0.15, -0.1) is 0 Å². The van der Waals surface area contributed by atoms with Gasteiger partial charge in [-0.3, -0.25) is 9.62 Å². The summed E-state index contributed by atoms with van der Waals surface area (Å²) in [5, 5.41) is 0. The molecule has 0 amide bonds. The third-order valence-corrected chi connectivity index (χ3v) is 5.42. The quantitative estimate of drug-likeness (QED) is 0.892. The molecule has 1 fully saturated rings. The van der Waals surface area contributed by atoms with Crippen molar-refractivity contribution in [1.82, 2.24) is 14.2 Å². The van der Waals surface area contributed by atoms with Gasteiger partial charge in [0.05, 0.1) is 5.69 Å². The highest BCUT2D eigenvalue weighted by molar-refractivity contribution is 7.90. The Balaban J connectivity index is 1.57. The van der Waals surface area contributed by atoms with Crippen molar-refractivity contribution >= 4 is 16.0 Å². The van der Waals surface area contributed by atoms with Gasteiger partial charge in [-0.25, -0.2) is 4.98 Å². The van der Waals surface area contributed by atoms with E-state index in [1.807, 2.05) is 18.2 Å². The lowest BCUT2D eigenvalue weighted by Gasteiger charge is -2.33. The number of hydrogen-bond acceptors (Lipinski definition) is 4. The molecular formula is C17H20N4O2S. The molecule has 0 saturated carbocycles. The molecule has 126 valence electrons. The van der Waals surface area contributed by atoms with Gasteiger partial charge in [0.2, 0.25) is 0 Å². The lowest BCUT2D eigenvalue weighted by molar-refractivity contribution is 0.182. The number of nitrogens with zero attached hydrogens (tertiary/aromatic N) is 3. The molecule has 1 aliphatic heterocycles. The van der Waals surface area contributed by atoms with Gasteiger partial charge in [-0.05, 0) is 18.6 Å². The summed E-state index contributed by atoms with van der Waals surface area (Å²) >= 11 is 0. The second-order valence-electron chi connectivity index (χ2n) is 5.76. The zero-order valence-electron chi connectivity index (χ0n) is 13.6. The minimum Gasteiger partial charge on any atom is -0.296 e. The Morgan fingerprint density at radius 2 is 1.88 bits per heavy atom. The fourth-order valence-corrected chi connectivity index (χ4v) is 3.81. The number of hydrogen-bond donors (Lipinski definition) is 1. The molecule has 0 aliphatic carbocycles. The number of rotatable bonds is 5. The van der Waals surface area contributed by atoms with Crippen molar-refractivity contribution < 1.29 is 8.42 Å². The van der Waals surface area contributed by atoms with Gasteiger partial charge in [-0.2, -0.15) is 12.7 Å². The maximum absolute atomic E-state index is 12.5. The van der Waals surface area contributed by atoms with Gasteiger partial charge in [0.1, 0.15) is 5.82 Å². The fraction of sp³-hybridized carbons (Fsp3) is 0.353. The summed E-state index contributed by atoms with van der Waals surface area (Å²) in [6, 6.07) is 17.2. The van der Waals surface area contributed by atoms with E-state index in [1.165, 1.54) is 15.9 Å². The zero-order valence-corrected chi connectivity index (χ0v) is 14.4. The second kappa shape index (κ2) is 7.18. The van der Waals surface area contributed by atoms with E-state index >= 15 is 0 Å². The number of benzene rings is 1. The van der Waals surface area contributed by atoms with Gasteiger partial charge in [0.25, 0.3) is 0 Å². The number of piperazine rings is 1. The van der Waals surface area contributed by atoms with Crippen molar-refractivity contribution in [3.05, 3.63) is 59.8 Å². The lowest BCUT2D eigenvalue weighted by Crippen LogP contribution is -2.49. The number of aryl methyl sites for hydroxylation is 1. The van der Waals surface area contributed by atoms with Crippen molar-refractivity contribution in [2.75, 3.05) is 30.9 Å². The predicted octanol–water partition coefficient (Wildman–Crippen LogP) is 1.46. The summed E-state index contributed by atoms with van der Waals surface area (Å²) in [6.07, 6.45) is 0. The first-order chi connectivity index (χ1) is 11.5. The lowest BCUT2D eigenvalue weighted by atomic mass is 10.2. The van der Waals surface area contributed by atoms with E-state index in [0.29, 0.717) is 31.9 Å². The first-order valence-corrected chi connectivity index (χ1v) is 9.28. The molecule has 3 rings (SSSR count). The largest absolute Gasteiger partial charge is 0.302 e. The molecule has 0 atom stereocenters. The molecule has 0 spiro atoms. The van der Waals surface area contributed by atoms with Crippen LogP contribution < -0.4 is 4.72 Å². The van der Waals surface area contributed by atoms with Crippen LogP contribution in [0, 0.1) is 19.1 Å². The first-order valence-electron chi connectivity index (χ1n) is 7.84. The van der Waals surface area contributed by atoms with Crippen molar-refractivity contribution in [3.63, 3.8) is 0 Å². The highest BCUT2D eigenvalue weighted by Crippen LogP contribution is 2.13. The van der Waals surface area contributed by atoms with Crippen LogP contribution in [0.3, 0.4) is 0 Å². The van der Waals surface area contributed by atoms with Crippen molar-refractivity contribution in [2.45, 2.75) is 13.5 Å². The Labute approximate surface area is 143 Å². The number of aromatic nitrogens is 1.